The van der Waals surface area contributed by atoms with Gasteiger partial charge in [0.05, 0.1) is 12.2 Å². The van der Waals surface area contributed by atoms with Gasteiger partial charge in [0.15, 0.2) is 18.9 Å². The summed E-state index contributed by atoms with van der Waals surface area (Å²) < 4.78 is 30.4. The van der Waals surface area contributed by atoms with Crippen molar-refractivity contribution in [1.29, 1.82) is 0 Å². The molecule has 3 saturated heterocycles. The van der Waals surface area contributed by atoms with Crippen molar-refractivity contribution in [2.45, 2.75) is 108 Å². The molecule has 1 saturated carbocycles. The van der Waals surface area contributed by atoms with Crippen LogP contribution >= 0.6 is 0 Å². The SMILES string of the molecule is CC#CCCCC=C[C@@H]1[C@H]2CC(O)O[C@H]2C[C@H]1OC1OCCC[C@@H]1OC1CCCCO1. The van der Waals surface area contributed by atoms with E-state index < -0.39 is 6.29 Å². The van der Waals surface area contributed by atoms with Crippen LogP contribution in [-0.4, -0.2) is 55.5 Å². The molecule has 4 fully saturated rings. The summed E-state index contributed by atoms with van der Waals surface area (Å²) in [7, 11) is 0. The molecule has 6 nitrogen and oxygen atoms in total. The van der Waals surface area contributed by atoms with Crippen molar-refractivity contribution in [3.8, 4) is 11.8 Å². The van der Waals surface area contributed by atoms with Crippen molar-refractivity contribution in [1.82, 2.24) is 0 Å². The molecule has 4 aliphatic rings. The predicted octanol–water partition coefficient (Wildman–Crippen LogP) is 3.91. The molecule has 1 N–H and O–H groups in total. The minimum atomic E-state index is -0.655. The summed E-state index contributed by atoms with van der Waals surface area (Å²) in [5.41, 5.74) is 0. The van der Waals surface area contributed by atoms with Gasteiger partial charge in [0.1, 0.15) is 6.10 Å². The molecular weight excluding hydrogens is 396 g/mol. The van der Waals surface area contributed by atoms with Crippen molar-refractivity contribution in [2.24, 2.45) is 11.8 Å². The molecule has 1 aliphatic carbocycles. The number of allylic oxidation sites excluding steroid dienone is 1. The van der Waals surface area contributed by atoms with Gasteiger partial charge in [0.2, 0.25) is 0 Å². The predicted molar refractivity (Wildman–Crippen MR) is 116 cm³/mol. The largest absolute Gasteiger partial charge is 0.368 e. The first-order chi connectivity index (χ1) is 15.2. The minimum Gasteiger partial charge on any atom is -0.368 e. The molecule has 31 heavy (non-hydrogen) atoms. The van der Waals surface area contributed by atoms with E-state index in [0.717, 1.165) is 64.4 Å². The van der Waals surface area contributed by atoms with Crippen LogP contribution in [0.1, 0.15) is 71.1 Å². The molecule has 0 radical (unpaired) electrons. The first kappa shape index (κ1) is 23.2. The van der Waals surface area contributed by atoms with Crippen LogP contribution in [0.2, 0.25) is 0 Å². The minimum absolute atomic E-state index is 0.00987. The van der Waals surface area contributed by atoms with Gasteiger partial charge in [-0.3, -0.25) is 0 Å². The van der Waals surface area contributed by atoms with Gasteiger partial charge in [-0.15, -0.1) is 11.8 Å². The van der Waals surface area contributed by atoms with Crippen LogP contribution in [0.3, 0.4) is 0 Å². The molecule has 8 atom stereocenters. The Morgan fingerprint density at radius 1 is 1.03 bits per heavy atom. The highest BCUT2D eigenvalue weighted by Gasteiger charge is 2.50. The Morgan fingerprint density at radius 2 is 1.94 bits per heavy atom. The first-order valence-electron chi connectivity index (χ1n) is 12.2. The maximum Gasteiger partial charge on any atom is 0.184 e. The molecule has 3 unspecified atom stereocenters. The Hall–Kier alpha value is -0.940. The number of hydrogen-bond acceptors (Lipinski definition) is 6. The number of aliphatic hydroxyl groups is 1. The topological polar surface area (TPSA) is 66.4 Å². The van der Waals surface area contributed by atoms with E-state index in [1.54, 1.807) is 0 Å². The molecule has 4 rings (SSSR count). The lowest BCUT2D eigenvalue weighted by Gasteiger charge is -2.37. The zero-order chi connectivity index (χ0) is 21.5. The summed E-state index contributed by atoms with van der Waals surface area (Å²) in [4.78, 5) is 0. The fraction of sp³-hybridized carbons (Fsp3) is 0.840. The van der Waals surface area contributed by atoms with Crippen molar-refractivity contribution < 1.29 is 28.8 Å². The van der Waals surface area contributed by atoms with Crippen molar-refractivity contribution in [3.63, 3.8) is 0 Å². The summed E-state index contributed by atoms with van der Waals surface area (Å²) >= 11 is 0. The number of unbranched alkanes of at least 4 members (excludes halogenated alkanes) is 2. The van der Waals surface area contributed by atoms with Crippen LogP contribution in [0.25, 0.3) is 0 Å². The van der Waals surface area contributed by atoms with Crippen LogP contribution in [0.4, 0.5) is 0 Å². The fourth-order valence-electron chi connectivity index (χ4n) is 5.31. The van der Waals surface area contributed by atoms with Crippen molar-refractivity contribution in [3.05, 3.63) is 12.2 Å². The molecule has 0 spiro atoms. The summed E-state index contributed by atoms with van der Waals surface area (Å²) in [6.07, 6.45) is 12.9. The average Bonchev–Trinajstić information content (AvgIpc) is 3.28. The van der Waals surface area contributed by atoms with Gasteiger partial charge in [-0.2, -0.15) is 0 Å². The van der Waals surface area contributed by atoms with Gasteiger partial charge >= 0.3 is 0 Å². The smallest absolute Gasteiger partial charge is 0.184 e. The van der Waals surface area contributed by atoms with E-state index in [1.165, 1.54) is 0 Å². The first-order valence-corrected chi connectivity index (χ1v) is 12.2. The molecule has 3 aliphatic heterocycles. The molecule has 0 bridgehead atoms. The molecule has 0 amide bonds. The standard InChI is InChI=1S/C25H38O6/c1-2-3-4-5-6-7-11-18-19-16-23(26)29-22(19)17-21(18)31-25-20(12-10-15-28-25)30-24-13-8-9-14-27-24/h7,11,18-26H,4-6,8-10,12-17H2,1H3/t18-,19-,20+,21-,22+,23?,24?,25?/m1/s1. The maximum atomic E-state index is 9.99. The van der Waals surface area contributed by atoms with E-state index in [1.807, 2.05) is 6.92 Å². The second-order valence-corrected chi connectivity index (χ2v) is 9.12. The second-order valence-electron chi connectivity index (χ2n) is 9.12. The monoisotopic (exact) mass is 434 g/mol. The highest BCUT2D eigenvalue weighted by molar-refractivity contribution is 5.06. The van der Waals surface area contributed by atoms with Gasteiger partial charge in [-0.1, -0.05) is 12.2 Å². The second kappa shape index (κ2) is 11.8. The van der Waals surface area contributed by atoms with E-state index in [2.05, 4.69) is 24.0 Å². The quantitative estimate of drug-likeness (QED) is 0.355. The lowest BCUT2D eigenvalue weighted by Crippen LogP contribution is -2.44. The zero-order valence-electron chi connectivity index (χ0n) is 18.7. The third-order valence-corrected chi connectivity index (χ3v) is 6.87. The Bertz CT molecular complexity index is 634. The van der Waals surface area contributed by atoms with Crippen LogP contribution in [0.15, 0.2) is 12.2 Å². The third kappa shape index (κ3) is 6.31. The van der Waals surface area contributed by atoms with Crippen LogP contribution in [0.5, 0.6) is 0 Å². The van der Waals surface area contributed by atoms with E-state index in [4.69, 9.17) is 23.7 Å². The maximum absolute atomic E-state index is 9.99. The van der Waals surface area contributed by atoms with Crippen LogP contribution < -0.4 is 0 Å². The molecule has 0 aromatic rings. The van der Waals surface area contributed by atoms with E-state index in [-0.39, 0.29) is 42.7 Å². The van der Waals surface area contributed by atoms with Gasteiger partial charge in [0, 0.05) is 38.4 Å². The highest BCUT2D eigenvalue weighted by Crippen LogP contribution is 2.45. The van der Waals surface area contributed by atoms with Gasteiger partial charge in [0.25, 0.3) is 0 Å². The number of fused-ring (bicyclic) bond motifs is 1. The van der Waals surface area contributed by atoms with Crippen LogP contribution in [0, 0.1) is 23.7 Å². The number of hydrogen-bond donors (Lipinski definition) is 1. The lowest BCUT2D eigenvalue weighted by atomic mass is 9.91. The molecule has 3 heterocycles. The van der Waals surface area contributed by atoms with Gasteiger partial charge < -0.3 is 28.8 Å². The molecule has 0 aromatic carbocycles. The van der Waals surface area contributed by atoms with Crippen LogP contribution in [-0.2, 0) is 23.7 Å². The zero-order valence-corrected chi connectivity index (χ0v) is 18.7. The fourth-order valence-corrected chi connectivity index (χ4v) is 5.31. The number of aliphatic hydroxyl groups excluding tert-OH is 1. The average molecular weight is 435 g/mol. The molecular formula is C25H38O6. The molecule has 0 aromatic heterocycles. The van der Waals surface area contributed by atoms with E-state index >= 15 is 0 Å². The summed E-state index contributed by atoms with van der Waals surface area (Å²) in [5, 5.41) is 9.99. The Kier molecular flexibility index (Phi) is 8.83. The summed E-state index contributed by atoms with van der Waals surface area (Å²) in [6, 6.07) is 0. The van der Waals surface area contributed by atoms with E-state index in [9.17, 15) is 5.11 Å². The third-order valence-electron chi connectivity index (χ3n) is 6.87. The van der Waals surface area contributed by atoms with Gasteiger partial charge in [-0.25, -0.2) is 0 Å². The highest BCUT2D eigenvalue weighted by atomic mass is 16.7. The van der Waals surface area contributed by atoms with Crippen molar-refractivity contribution >= 4 is 0 Å². The Morgan fingerprint density at radius 3 is 2.77 bits per heavy atom. The van der Waals surface area contributed by atoms with Crippen molar-refractivity contribution in [2.75, 3.05) is 13.2 Å². The molecule has 174 valence electrons. The van der Waals surface area contributed by atoms with E-state index in [0.29, 0.717) is 13.0 Å². The summed E-state index contributed by atoms with van der Waals surface area (Å²) in [6.45, 7) is 3.35. The number of ether oxygens (including phenoxy) is 5. The lowest BCUT2D eigenvalue weighted by molar-refractivity contribution is -0.289. The normalized spacial score (nSPS) is 40.6. The molecule has 6 heteroatoms. The number of rotatable bonds is 8. The summed E-state index contributed by atoms with van der Waals surface area (Å²) in [5.74, 6) is 6.57. The Labute approximate surface area is 186 Å². The Balaban J connectivity index is 1.36. The van der Waals surface area contributed by atoms with Gasteiger partial charge in [-0.05, 0) is 57.8 Å².